The minimum atomic E-state index is -4.75. The van der Waals surface area contributed by atoms with E-state index < -0.39 is 18.4 Å². The Morgan fingerprint density at radius 2 is 1.75 bits per heavy atom. The molecule has 0 spiro atoms. The molecule has 0 bridgehead atoms. The van der Waals surface area contributed by atoms with Crippen LogP contribution in [0.2, 0.25) is 0 Å². The third-order valence-corrected chi connectivity index (χ3v) is 3.17. The molecule has 20 heavy (non-hydrogen) atoms. The van der Waals surface area contributed by atoms with Crippen molar-refractivity contribution in [3.63, 3.8) is 0 Å². The van der Waals surface area contributed by atoms with Gasteiger partial charge in [0.25, 0.3) is 0 Å². The number of hydrogen-bond acceptors (Lipinski definition) is 3. The third kappa shape index (κ3) is 3.63. The summed E-state index contributed by atoms with van der Waals surface area (Å²) >= 11 is 0. The first kappa shape index (κ1) is 14.6. The lowest BCUT2D eigenvalue weighted by Crippen LogP contribution is -2.31. The summed E-state index contributed by atoms with van der Waals surface area (Å²) in [4.78, 5) is 13.2. The summed E-state index contributed by atoms with van der Waals surface area (Å²) in [6.45, 7) is 1.36. The molecule has 0 amide bonds. The minimum absolute atomic E-state index is 0.355. The van der Waals surface area contributed by atoms with E-state index in [9.17, 15) is 23.1 Å². The Morgan fingerprint density at radius 1 is 1.20 bits per heavy atom. The summed E-state index contributed by atoms with van der Waals surface area (Å²) in [5.74, 6) is -1.36. The van der Waals surface area contributed by atoms with Crippen molar-refractivity contribution in [3.05, 3.63) is 29.8 Å². The number of carboxylic acids is 1. The Kier molecular flexibility index (Phi) is 4.17. The zero-order valence-electron chi connectivity index (χ0n) is 10.6. The van der Waals surface area contributed by atoms with Gasteiger partial charge in [-0.2, -0.15) is 0 Å². The molecule has 0 aromatic heterocycles. The zero-order valence-corrected chi connectivity index (χ0v) is 10.6. The molecule has 1 saturated heterocycles. The second-order valence-corrected chi connectivity index (χ2v) is 4.60. The molecule has 1 aliphatic heterocycles. The van der Waals surface area contributed by atoms with Crippen molar-refractivity contribution in [2.75, 3.05) is 13.1 Å². The van der Waals surface area contributed by atoms with Gasteiger partial charge in [-0.1, -0.05) is 12.1 Å². The summed E-state index contributed by atoms with van der Waals surface area (Å²) in [5.41, 5.74) is 0.453. The van der Waals surface area contributed by atoms with Crippen LogP contribution in [-0.4, -0.2) is 35.4 Å². The summed E-state index contributed by atoms with van der Waals surface area (Å²) in [6, 6.07) is 4.16. The fourth-order valence-corrected chi connectivity index (χ4v) is 2.36. The van der Waals surface area contributed by atoms with Crippen LogP contribution in [-0.2, 0) is 4.79 Å². The number of nitrogens with zero attached hydrogens (tertiary/aromatic N) is 1. The summed E-state index contributed by atoms with van der Waals surface area (Å²) in [5, 5.41) is 9.29. The third-order valence-electron chi connectivity index (χ3n) is 3.17. The van der Waals surface area contributed by atoms with Gasteiger partial charge in [-0.15, -0.1) is 13.2 Å². The first-order chi connectivity index (χ1) is 9.37. The summed E-state index contributed by atoms with van der Waals surface area (Å²) in [7, 11) is 0. The number of aliphatic carboxylic acids is 1. The van der Waals surface area contributed by atoms with Crippen LogP contribution in [0.3, 0.4) is 0 Å². The van der Waals surface area contributed by atoms with E-state index in [2.05, 4.69) is 4.74 Å². The van der Waals surface area contributed by atoms with Gasteiger partial charge in [-0.3, -0.25) is 9.69 Å². The molecule has 7 heteroatoms. The fraction of sp³-hybridized carbons (Fsp3) is 0.462. The Morgan fingerprint density at radius 3 is 2.20 bits per heavy atom. The smallest absolute Gasteiger partial charge is 0.480 e. The summed E-state index contributed by atoms with van der Waals surface area (Å²) < 4.78 is 39.9. The predicted molar refractivity (Wildman–Crippen MR) is 64.3 cm³/mol. The van der Waals surface area contributed by atoms with Crippen LogP contribution in [0.5, 0.6) is 5.75 Å². The van der Waals surface area contributed by atoms with Crippen molar-refractivity contribution in [2.45, 2.75) is 25.2 Å². The predicted octanol–water partition coefficient (Wildman–Crippen LogP) is 2.81. The maximum Gasteiger partial charge on any atom is 0.573 e. The van der Waals surface area contributed by atoms with E-state index in [0.29, 0.717) is 18.7 Å². The number of benzene rings is 1. The van der Waals surface area contributed by atoms with Crippen LogP contribution in [0.4, 0.5) is 13.2 Å². The van der Waals surface area contributed by atoms with Crippen LogP contribution < -0.4 is 4.74 Å². The van der Waals surface area contributed by atoms with E-state index in [1.807, 2.05) is 4.90 Å². The van der Waals surface area contributed by atoms with Gasteiger partial charge in [0, 0.05) is 0 Å². The maximum absolute atomic E-state index is 12.0. The van der Waals surface area contributed by atoms with E-state index in [4.69, 9.17) is 0 Å². The number of carbonyl (C=O) groups is 1. The minimum Gasteiger partial charge on any atom is -0.480 e. The van der Waals surface area contributed by atoms with Crippen LogP contribution in [0.25, 0.3) is 0 Å². The lowest BCUT2D eigenvalue weighted by Gasteiger charge is -2.24. The molecule has 1 heterocycles. The largest absolute Gasteiger partial charge is 0.573 e. The van der Waals surface area contributed by atoms with Gasteiger partial charge in [-0.25, -0.2) is 0 Å². The molecule has 2 rings (SSSR count). The van der Waals surface area contributed by atoms with Crippen molar-refractivity contribution in [1.29, 1.82) is 0 Å². The van der Waals surface area contributed by atoms with Gasteiger partial charge in [-0.05, 0) is 43.6 Å². The zero-order chi connectivity index (χ0) is 14.8. The molecule has 1 fully saturated rings. The molecule has 1 N–H and O–H groups in total. The normalized spacial score (nSPS) is 17.9. The molecule has 0 saturated carbocycles. The monoisotopic (exact) mass is 289 g/mol. The molecule has 110 valence electrons. The van der Waals surface area contributed by atoms with Crippen LogP contribution in [0.1, 0.15) is 24.4 Å². The van der Waals surface area contributed by atoms with Crippen LogP contribution in [0, 0.1) is 0 Å². The van der Waals surface area contributed by atoms with E-state index in [0.717, 1.165) is 25.0 Å². The van der Waals surface area contributed by atoms with E-state index in [-0.39, 0.29) is 5.75 Å². The van der Waals surface area contributed by atoms with Gasteiger partial charge < -0.3 is 9.84 Å². The van der Waals surface area contributed by atoms with Gasteiger partial charge in [0.15, 0.2) is 0 Å². The highest BCUT2D eigenvalue weighted by molar-refractivity contribution is 5.75. The van der Waals surface area contributed by atoms with Crippen molar-refractivity contribution < 1.29 is 27.8 Å². The second-order valence-electron chi connectivity index (χ2n) is 4.60. The Balaban J connectivity index is 2.16. The standard InChI is InChI=1S/C13H14F3NO3/c14-13(15,16)20-10-5-3-9(4-6-10)11(12(18)19)17-7-1-2-8-17/h3-6,11H,1-2,7-8H2,(H,18,19)/t11-/m0/s1. The number of rotatable bonds is 4. The van der Waals surface area contributed by atoms with Gasteiger partial charge in [0.2, 0.25) is 0 Å². The molecule has 0 radical (unpaired) electrons. The molecule has 1 aliphatic rings. The van der Waals surface area contributed by atoms with Crippen molar-refractivity contribution in [2.24, 2.45) is 0 Å². The lowest BCUT2D eigenvalue weighted by molar-refractivity contribution is -0.274. The average Bonchev–Trinajstić information content (AvgIpc) is 2.83. The Labute approximate surface area is 113 Å². The fourth-order valence-electron chi connectivity index (χ4n) is 2.36. The van der Waals surface area contributed by atoms with E-state index in [1.165, 1.54) is 12.1 Å². The molecule has 1 aromatic rings. The average molecular weight is 289 g/mol. The van der Waals surface area contributed by atoms with Gasteiger partial charge in [0.05, 0.1) is 0 Å². The number of likely N-dealkylation sites (tertiary alicyclic amines) is 1. The summed E-state index contributed by atoms with van der Waals surface area (Å²) in [6.07, 6.45) is -2.89. The van der Waals surface area contributed by atoms with E-state index >= 15 is 0 Å². The van der Waals surface area contributed by atoms with Gasteiger partial charge >= 0.3 is 12.3 Å². The highest BCUT2D eigenvalue weighted by Gasteiger charge is 2.32. The number of hydrogen-bond donors (Lipinski definition) is 1. The second kappa shape index (κ2) is 5.70. The van der Waals surface area contributed by atoms with Gasteiger partial charge in [0.1, 0.15) is 11.8 Å². The molecule has 4 nitrogen and oxygen atoms in total. The highest BCUT2D eigenvalue weighted by atomic mass is 19.4. The quantitative estimate of drug-likeness (QED) is 0.926. The Bertz CT molecular complexity index is 467. The molecule has 0 aliphatic carbocycles. The van der Waals surface area contributed by atoms with Crippen LogP contribution in [0.15, 0.2) is 24.3 Å². The SMILES string of the molecule is O=C(O)[C@H](c1ccc(OC(F)(F)F)cc1)N1CCCC1. The van der Waals surface area contributed by atoms with Crippen molar-refractivity contribution >= 4 is 5.97 Å². The highest BCUT2D eigenvalue weighted by Crippen LogP contribution is 2.28. The lowest BCUT2D eigenvalue weighted by atomic mass is 10.1. The first-order valence-corrected chi connectivity index (χ1v) is 6.19. The molecular formula is C13H14F3NO3. The molecule has 1 aromatic carbocycles. The van der Waals surface area contributed by atoms with Crippen molar-refractivity contribution in [3.8, 4) is 5.75 Å². The Hall–Kier alpha value is -1.76. The van der Waals surface area contributed by atoms with Crippen LogP contribution >= 0.6 is 0 Å². The topological polar surface area (TPSA) is 49.8 Å². The number of ether oxygens (including phenoxy) is 1. The molecule has 1 atom stereocenters. The number of alkyl halides is 3. The van der Waals surface area contributed by atoms with E-state index in [1.54, 1.807) is 0 Å². The number of halogens is 3. The number of carboxylic acid groups (broad SMARTS) is 1. The van der Waals surface area contributed by atoms with Crippen molar-refractivity contribution in [1.82, 2.24) is 4.90 Å². The molecule has 0 unspecified atom stereocenters. The maximum atomic E-state index is 12.0. The molecular weight excluding hydrogens is 275 g/mol. The first-order valence-electron chi connectivity index (χ1n) is 6.19.